The van der Waals surface area contributed by atoms with Gasteiger partial charge in [0.15, 0.2) is 5.65 Å². The van der Waals surface area contributed by atoms with Crippen molar-refractivity contribution in [3.63, 3.8) is 0 Å². The Kier molecular flexibility index (Phi) is 6.11. The lowest BCUT2D eigenvalue weighted by molar-refractivity contribution is -0.128. The summed E-state index contributed by atoms with van der Waals surface area (Å²) in [6, 6.07) is 0. The van der Waals surface area contributed by atoms with E-state index < -0.39 is 0 Å². The molecule has 2 N–H and O–H groups in total. The third-order valence-corrected chi connectivity index (χ3v) is 5.56. The normalized spacial score (nSPS) is 16.1. The first-order valence-electron chi connectivity index (χ1n) is 9.98. The Bertz CT molecular complexity index is 865. The Morgan fingerprint density at radius 1 is 1.39 bits per heavy atom. The molecule has 2 aromatic rings. The second-order valence-electron chi connectivity index (χ2n) is 7.89. The quantitative estimate of drug-likeness (QED) is 0.568. The lowest BCUT2D eigenvalue weighted by Gasteiger charge is -2.39. The molecule has 28 heavy (non-hydrogen) atoms. The van der Waals surface area contributed by atoms with E-state index in [-0.39, 0.29) is 17.2 Å². The molecular weight excluding hydrogens is 354 g/mol. The van der Waals surface area contributed by atoms with E-state index in [0.717, 1.165) is 50.9 Å². The lowest BCUT2D eigenvalue weighted by atomic mass is 9.76. The van der Waals surface area contributed by atoms with Crippen molar-refractivity contribution in [1.29, 1.82) is 0 Å². The number of H-pyrrole nitrogens is 1. The van der Waals surface area contributed by atoms with Crippen LogP contribution >= 0.6 is 0 Å². The molecule has 0 spiro atoms. The van der Waals surface area contributed by atoms with Crippen LogP contribution in [0, 0.1) is 5.41 Å². The number of carbonyl (C=O) groups excluding carboxylic acids is 2. The van der Waals surface area contributed by atoms with Crippen LogP contribution in [0.4, 0.5) is 0 Å². The summed E-state index contributed by atoms with van der Waals surface area (Å²) in [6.07, 6.45) is 9.41. The number of unbranched alkanes of at least 4 members (excludes halogenated alkanes) is 1. The molecule has 0 aromatic carbocycles. The number of nitrogens with one attached hydrogen (secondary N) is 2. The summed E-state index contributed by atoms with van der Waals surface area (Å²) in [5.41, 5.74) is 2.72. The fourth-order valence-electron chi connectivity index (χ4n) is 3.67. The molecule has 2 amide bonds. The van der Waals surface area contributed by atoms with E-state index in [1.807, 2.05) is 4.90 Å². The Morgan fingerprint density at radius 3 is 2.82 bits per heavy atom. The molecule has 150 valence electrons. The molecule has 0 bridgehead atoms. The van der Waals surface area contributed by atoms with Gasteiger partial charge in [-0.05, 0) is 37.2 Å². The predicted molar refractivity (Wildman–Crippen MR) is 109 cm³/mol. The minimum atomic E-state index is -0.117. The zero-order valence-corrected chi connectivity index (χ0v) is 16.8. The highest BCUT2D eigenvalue weighted by Crippen LogP contribution is 2.34. The number of aromatic nitrogens is 3. The number of hydrogen-bond acceptors (Lipinski definition) is 4. The first kappa shape index (κ1) is 20.0. The van der Waals surface area contributed by atoms with Crippen LogP contribution in [0.15, 0.2) is 25.0 Å². The lowest BCUT2D eigenvalue weighted by Crippen LogP contribution is -2.42. The van der Waals surface area contributed by atoms with E-state index in [0.29, 0.717) is 23.3 Å². The summed E-state index contributed by atoms with van der Waals surface area (Å²) in [6.45, 7) is 10.00. The highest BCUT2D eigenvalue weighted by atomic mass is 16.2. The van der Waals surface area contributed by atoms with Gasteiger partial charge in [-0.25, -0.2) is 9.97 Å². The molecule has 0 aliphatic carbocycles. The van der Waals surface area contributed by atoms with Gasteiger partial charge < -0.3 is 15.2 Å². The van der Waals surface area contributed by atoms with E-state index in [9.17, 15) is 9.59 Å². The summed E-state index contributed by atoms with van der Waals surface area (Å²) >= 11 is 0. The molecular formula is C21H29N5O2. The van der Waals surface area contributed by atoms with Gasteiger partial charge >= 0.3 is 0 Å². The second-order valence-corrected chi connectivity index (χ2v) is 7.89. The maximum atomic E-state index is 12.4. The van der Waals surface area contributed by atoms with Gasteiger partial charge in [-0.1, -0.05) is 26.8 Å². The monoisotopic (exact) mass is 383 g/mol. The molecule has 0 atom stereocenters. The average molecular weight is 383 g/mol. The number of amides is 2. The number of nitrogens with zero attached hydrogens (tertiary/aromatic N) is 3. The van der Waals surface area contributed by atoms with Gasteiger partial charge in [0.05, 0.1) is 17.5 Å². The van der Waals surface area contributed by atoms with Gasteiger partial charge in [-0.15, -0.1) is 0 Å². The molecule has 1 aliphatic rings. The third kappa shape index (κ3) is 4.40. The van der Waals surface area contributed by atoms with E-state index in [2.05, 4.69) is 35.7 Å². The zero-order chi connectivity index (χ0) is 20.1. The van der Waals surface area contributed by atoms with Crippen LogP contribution in [0.2, 0.25) is 0 Å². The van der Waals surface area contributed by atoms with Crippen molar-refractivity contribution in [2.75, 3.05) is 19.6 Å². The van der Waals surface area contributed by atoms with Crippen molar-refractivity contribution in [2.45, 2.75) is 46.0 Å². The molecule has 1 saturated heterocycles. The molecule has 0 unspecified atom stereocenters. The van der Waals surface area contributed by atoms with Gasteiger partial charge in [0.1, 0.15) is 5.52 Å². The Labute approximate surface area is 165 Å². The van der Waals surface area contributed by atoms with Crippen LogP contribution in [0.25, 0.3) is 11.2 Å². The molecule has 3 heterocycles. The Balaban J connectivity index is 1.72. The molecule has 7 heteroatoms. The minimum absolute atomic E-state index is 0.00527. The first-order chi connectivity index (χ1) is 13.5. The largest absolute Gasteiger partial charge is 0.352 e. The number of likely N-dealkylation sites (tertiary alicyclic amines) is 1. The average Bonchev–Trinajstić information content (AvgIpc) is 3.11. The van der Waals surface area contributed by atoms with E-state index in [4.69, 9.17) is 4.98 Å². The molecule has 1 fully saturated rings. The molecule has 1 aliphatic heterocycles. The van der Waals surface area contributed by atoms with Crippen molar-refractivity contribution in [3.8, 4) is 0 Å². The molecule has 2 aromatic heterocycles. The summed E-state index contributed by atoms with van der Waals surface area (Å²) in [5, 5.41) is 2.94. The van der Waals surface area contributed by atoms with Crippen LogP contribution in [-0.2, 0) is 11.2 Å². The van der Waals surface area contributed by atoms with Crippen molar-refractivity contribution in [1.82, 2.24) is 25.2 Å². The summed E-state index contributed by atoms with van der Waals surface area (Å²) < 4.78 is 0. The maximum Gasteiger partial charge on any atom is 0.255 e. The smallest absolute Gasteiger partial charge is 0.255 e. The maximum absolute atomic E-state index is 12.4. The summed E-state index contributed by atoms with van der Waals surface area (Å²) in [4.78, 5) is 38.3. The van der Waals surface area contributed by atoms with Gasteiger partial charge in [-0.2, -0.15) is 0 Å². The van der Waals surface area contributed by atoms with Gasteiger partial charge in [0.25, 0.3) is 5.91 Å². The second kappa shape index (κ2) is 8.54. The van der Waals surface area contributed by atoms with Gasteiger partial charge in [-0.3, -0.25) is 9.59 Å². The first-order valence-corrected chi connectivity index (χ1v) is 9.98. The van der Waals surface area contributed by atoms with Crippen LogP contribution in [0.1, 0.15) is 55.6 Å². The number of aromatic amines is 1. The van der Waals surface area contributed by atoms with Crippen LogP contribution in [0.5, 0.6) is 0 Å². The summed E-state index contributed by atoms with van der Waals surface area (Å²) in [5.74, 6) is -0.122. The van der Waals surface area contributed by atoms with Crippen molar-refractivity contribution in [3.05, 3.63) is 36.3 Å². The third-order valence-electron chi connectivity index (χ3n) is 5.56. The van der Waals surface area contributed by atoms with Crippen LogP contribution in [-0.4, -0.2) is 51.3 Å². The SMILES string of the molecule is C=CC(=O)N1CCC(C)(Cc2cnc3[nH]cc(C(=O)NCCCC)c3n2)CC1. The highest BCUT2D eigenvalue weighted by molar-refractivity contribution is 6.04. The fraction of sp³-hybridized carbons (Fsp3) is 0.524. The van der Waals surface area contributed by atoms with E-state index in [1.54, 1.807) is 12.4 Å². The summed E-state index contributed by atoms with van der Waals surface area (Å²) in [7, 11) is 0. The number of carbonyl (C=O) groups is 2. The molecule has 0 radical (unpaired) electrons. The fourth-order valence-corrected chi connectivity index (χ4v) is 3.67. The van der Waals surface area contributed by atoms with Crippen LogP contribution < -0.4 is 5.32 Å². The van der Waals surface area contributed by atoms with E-state index in [1.165, 1.54) is 6.08 Å². The van der Waals surface area contributed by atoms with Crippen LogP contribution in [0.3, 0.4) is 0 Å². The van der Waals surface area contributed by atoms with Crippen molar-refractivity contribution < 1.29 is 9.59 Å². The zero-order valence-electron chi connectivity index (χ0n) is 16.8. The minimum Gasteiger partial charge on any atom is -0.352 e. The number of rotatable bonds is 7. The number of fused-ring (bicyclic) bond motifs is 1. The van der Waals surface area contributed by atoms with Crippen molar-refractivity contribution in [2.24, 2.45) is 5.41 Å². The standard InChI is InChI=1S/C21H29N5O2/c1-4-6-9-22-20(28)16-14-24-19-18(16)25-15(13-23-19)12-21(3)7-10-26(11-8-21)17(27)5-2/h5,13-14H,2,4,6-12H2,1,3H3,(H,22,28)(H,23,24). The number of hydrogen-bond donors (Lipinski definition) is 2. The highest BCUT2D eigenvalue weighted by Gasteiger charge is 2.32. The molecule has 0 saturated carbocycles. The molecule has 3 rings (SSSR count). The van der Waals surface area contributed by atoms with Crippen molar-refractivity contribution >= 4 is 23.0 Å². The Hall–Kier alpha value is -2.70. The van der Waals surface area contributed by atoms with Gasteiger partial charge in [0, 0.05) is 25.8 Å². The number of piperidine rings is 1. The topological polar surface area (TPSA) is 91.0 Å². The predicted octanol–water partition coefficient (Wildman–Crippen LogP) is 2.85. The molecule has 7 nitrogen and oxygen atoms in total. The van der Waals surface area contributed by atoms with E-state index >= 15 is 0 Å². The Morgan fingerprint density at radius 2 is 2.14 bits per heavy atom. The van der Waals surface area contributed by atoms with Gasteiger partial charge in [0.2, 0.25) is 5.91 Å².